The lowest BCUT2D eigenvalue weighted by Crippen LogP contribution is -2.00. The number of allylic oxidation sites excluding steroid dienone is 1. The van der Waals surface area contributed by atoms with E-state index in [0.29, 0.717) is 5.56 Å². The molecule has 0 spiro atoms. The summed E-state index contributed by atoms with van der Waals surface area (Å²) >= 11 is 5.67. The first-order chi connectivity index (χ1) is 7.45. The summed E-state index contributed by atoms with van der Waals surface area (Å²) in [6.07, 6.45) is 0. The van der Waals surface area contributed by atoms with E-state index in [9.17, 15) is 14.7 Å². The molecule has 4 nitrogen and oxygen atoms in total. The fourth-order valence-electron chi connectivity index (χ4n) is 1.78. The standard InChI is InChI=1S/C11H7ClO4/c1-4-2-3-5(13)7-6(4)8(11(15)16)9(12)10(7)14/h2-3,13H,1H3,(H,15,16). The Morgan fingerprint density at radius 1 is 1.31 bits per heavy atom. The van der Waals surface area contributed by atoms with Crippen molar-refractivity contribution in [2.24, 2.45) is 0 Å². The average molecular weight is 239 g/mol. The van der Waals surface area contributed by atoms with E-state index in [4.69, 9.17) is 16.7 Å². The Balaban J connectivity index is 2.86. The van der Waals surface area contributed by atoms with Crippen LogP contribution in [-0.4, -0.2) is 22.0 Å². The van der Waals surface area contributed by atoms with E-state index in [2.05, 4.69) is 0 Å². The van der Waals surface area contributed by atoms with Gasteiger partial charge in [0.05, 0.1) is 11.1 Å². The topological polar surface area (TPSA) is 74.6 Å². The van der Waals surface area contributed by atoms with Crippen LogP contribution in [0.3, 0.4) is 0 Å². The minimum absolute atomic E-state index is 0.0256. The highest BCUT2D eigenvalue weighted by atomic mass is 35.5. The van der Waals surface area contributed by atoms with Crippen molar-refractivity contribution in [3.05, 3.63) is 33.9 Å². The molecule has 0 saturated carbocycles. The van der Waals surface area contributed by atoms with E-state index < -0.39 is 11.8 Å². The Bertz CT molecular complexity index is 557. The number of halogens is 1. The molecule has 0 saturated heterocycles. The highest BCUT2D eigenvalue weighted by molar-refractivity contribution is 6.55. The predicted molar refractivity (Wildman–Crippen MR) is 57.6 cm³/mol. The lowest BCUT2D eigenvalue weighted by atomic mass is 9.99. The molecule has 0 unspecified atom stereocenters. The number of carboxylic acid groups (broad SMARTS) is 1. The normalized spacial score (nSPS) is 14.2. The van der Waals surface area contributed by atoms with Gasteiger partial charge in [0.2, 0.25) is 5.78 Å². The number of carbonyl (C=O) groups is 2. The molecule has 82 valence electrons. The van der Waals surface area contributed by atoms with Gasteiger partial charge in [-0.05, 0) is 18.6 Å². The first kappa shape index (κ1) is 10.7. The zero-order valence-electron chi connectivity index (χ0n) is 8.24. The monoisotopic (exact) mass is 238 g/mol. The molecule has 0 fully saturated rings. The number of carboxylic acids is 1. The van der Waals surface area contributed by atoms with Crippen LogP contribution in [0, 0.1) is 6.92 Å². The molecular weight excluding hydrogens is 232 g/mol. The van der Waals surface area contributed by atoms with Crippen LogP contribution in [0.5, 0.6) is 5.75 Å². The number of aliphatic carboxylic acids is 1. The Morgan fingerprint density at radius 3 is 2.50 bits per heavy atom. The zero-order valence-corrected chi connectivity index (χ0v) is 9.00. The Morgan fingerprint density at radius 2 is 1.94 bits per heavy atom. The van der Waals surface area contributed by atoms with Gasteiger partial charge >= 0.3 is 5.97 Å². The number of Topliss-reactive ketones (excluding diaryl/α,β-unsaturated/α-hetero) is 1. The lowest BCUT2D eigenvalue weighted by Gasteiger charge is -2.06. The molecule has 0 aromatic heterocycles. The fraction of sp³-hybridized carbons (Fsp3) is 0.0909. The molecule has 0 amide bonds. The van der Waals surface area contributed by atoms with E-state index in [0.717, 1.165) is 0 Å². The number of carbonyl (C=O) groups excluding carboxylic acids is 1. The van der Waals surface area contributed by atoms with Crippen molar-refractivity contribution in [2.75, 3.05) is 0 Å². The Kier molecular flexibility index (Phi) is 2.24. The van der Waals surface area contributed by atoms with Gasteiger partial charge in [-0.2, -0.15) is 0 Å². The third kappa shape index (κ3) is 1.23. The summed E-state index contributed by atoms with van der Waals surface area (Å²) < 4.78 is 0. The molecule has 0 radical (unpaired) electrons. The van der Waals surface area contributed by atoms with Crippen LogP contribution in [0.1, 0.15) is 21.5 Å². The fourth-order valence-corrected chi connectivity index (χ4v) is 2.05. The van der Waals surface area contributed by atoms with Crippen LogP contribution in [0.2, 0.25) is 0 Å². The van der Waals surface area contributed by atoms with Gasteiger partial charge in [0, 0.05) is 5.56 Å². The second-order valence-corrected chi connectivity index (χ2v) is 3.85. The quantitative estimate of drug-likeness (QED) is 0.784. The van der Waals surface area contributed by atoms with Crippen molar-refractivity contribution in [1.29, 1.82) is 0 Å². The van der Waals surface area contributed by atoms with Crippen LogP contribution in [0.25, 0.3) is 5.57 Å². The molecule has 2 N–H and O–H groups in total. The molecule has 1 aromatic rings. The molecule has 1 aliphatic rings. The van der Waals surface area contributed by atoms with E-state index in [1.165, 1.54) is 6.07 Å². The summed E-state index contributed by atoms with van der Waals surface area (Å²) in [5.41, 5.74) is 0.536. The number of fused-ring (bicyclic) bond motifs is 1. The van der Waals surface area contributed by atoms with Gasteiger partial charge < -0.3 is 10.2 Å². The Hall–Kier alpha value is -1.81. The maximum atomic E-state index is 11.7. The smallest absolute Gasteiger partial charge is 0.338 e. The highest BCUT2D eigenvalue weighted by Crippen LogP contribution is 2.41. The van der Waals surface area contributed by atoms with E-state index in [1.807, 2.05) is 0 Å². The van der Waals surface area contributed by atoms with Gasteiger partial charge in [0.1, 0.15) is 10.8 Å². The number of hydrogen-bond acceptors (Lipinski definition) is 3. The molecule has 0 heterocycles. The third-order valence-electron chi connectivity index (χ3n) is 2.50. The molecular formula is C11H7ClO4. The summed E-state index contributed by atoms with van der Waals surface area (Å²) in [4.78, 5) is 22.7. The number of aromatic hydroxyl groups is 1. The predicted octanol–water partition coefficient (Wildman–Crippen LogP) is 1.93. The van der Waals surface area contributed by atoms with Crippen molar-refractivity contribution >= 4 is 28.9 Å². The van der Waals surface area contributed by atoms with Gasteiger partial charge in [0.15, 0.2) is 0 Å². The molecule has 5 heteroatoms. The van der Waals surface area contributed by atoms with Crippen molar-refractivity contribution in [2.45, 2.75) is 6.92 Å². The third-order valence-corrected chi connectivity index (χ3v) is 2.86. The molecule has 0 atom stereocenters. The summed E-state index contributed by atoms with van der Waals surface area (Å²) in [5.74, 6) is -2.17. The summed E-state index contributed by atoms with van der Waals surface area (Å²) in [5, 5.41) is 18.2. The first-order valence-corrected chi connectivity index (χ1v) is 4.83. The average Bonchev–Trinajstić information content (AvgIpc) is 2.47. The van der Waals surface area contributed by atoms with Crippen molar-refractivity contribution < 1.29 is 19.8 Å². The summed E-state index contributed by atoms with van der Waals surface area (Å²) in [6, 6.07) is 2.89. The minimum atomic E-state index is -1.27. The molecule has 16 heavy (non-hydrogen) atoms. The number of phenolic OH excluding ortho intramolecular Hbond substituents is 1. The number of ketones is 1. The number of aryl methyl sites for hydroxylation is 1. The maximum absolute atomic E-state index is 11.7. The number of rotatable bonds is 1. The van der Waals surface area contributed by atoms with Gasteiger partial charge in [-0.25, -0.2) is 4.79 Å². The second-order valence-electron chi connectivity index (χ2n) is 3.47. The van der Waals surface area contributed by atoms with E-state index in [-0.39, 0.29) is 27.5 Å². The first-order valence-electron chi connectivity index (χ1n) is 4.46. The van der Waals surface area contributed by atoms with Crippen LogP contribution in [-0.2, 0) is 4.79 Å². The largest absolute Gasteiger partial charge is 0.507 e. The van der Waals surface area contributed by atoms with Crippen molar-refractivity contribution in [3.8, 4) is 5.75 Å². The van der Waals surface area contributed by atoms with E-state index in [1.54, 1.807) is 13.0 Å². The Labute approximate surface area is 95.8 Å². The van der Waals surface area contributed by atoms with Gasteiger partial charge in [-0.3, -0.25) is 4.79 Å². The highest BCUT2D eigenvalue weighted by Gasteiger charge is 2.35. The van der Waals surface area contributed by atoms with Crippen LogP contribution in [0.4, 0.5) is 0 Å². The van der Waals surface area contributed by atoms with Gasteiger partial charge in [-0.1, -0.05) is 17.7 Å². The van der Waals surface area contributed by atoms with Crippen molar-refractivity contribution in [1.82, 2.24) is 0 Å². The van der Waals surface area contributed by atoms with Gasteiger partial charge in [0.25, 0.3) is 0 Å². The van der Waals surface area contributed by atoms with Crippen LogP contribution >= 0.6 is 11.6 Å². The minimum Gasteiger partial charge on any atom is -0.507 e. The number of phenols is 1. The molecule has 0 aliphatic heterocycles. The molecule has 0 bridgehead atoms. The van der Waals surface area contributed by atoms with E-state index >= 15 is 0 Å². The molecule has 1 aromatic carbocycles. The van der Waals surface area contributed by atoms with Crippen LogP contribution < -0.4 is 0 Å². The number of benzene rings is 1. The van der Waals surface area contributed by atoms with Gasteiger partial charge in [-0.15, -0.1) is 0 Å². The van der Waals surface area contributed by atoms with Crippen molar-refractivity contribution in [3.63, 3.8) is 0 Å². The molecule has 2 rings (SSSR count). The SMILES string of the molecule is Cc1ccc(O)c2c1C(C(=O)O)=C(Cl)C2=O. The molecule has 1 aliphatic carbocycles. The summed E-state index contributed by atoms with van der Waals surface area (Å²) in [6.45, 7) is 1.66. The lowest BCUT2D eigenvalue weighted by molar-refractivity contribution is -0.130. The zero-order chi connectivity index (χ0) is 12.0. The number of hydrogen-bond donors (Lipinski definition) is 2. The summed E-state index contributed by atoms with van der Waals surface area (Å²) in [7, 11) is 0. The van der Waals surface area contributed by atoms with Crippen LogP contribution in [0.15, 0.2) is 17.2 Å². The maximum Gasteiger partial charge on any atom is 0.338 e. The second kappa shape index (κ2) is 3.35.